The van der Waals surface area contributed by atoms with Crippen molar-refractivity contribution in [3.05, 3.63) is 24.3 Å². The van der Waals surface area contributed by atoms with Crippen LogP contribution in [0.3, 0.4) is 0 Å². The van der Waals surface area contributed by atoms with Crippen molar-refractivity contribution < 1.29 is 0 Å². The Morgan fingerprint density at radius 1 is 1.20 bits per heavy atom. The van der Waals surface area contributed by atoms with Gasteiger partial charge in [-0.1, -0.05) is 26.0 Å². The van der Waals surface area contributed by atoms with Crippen LogP contribution in [-0.4, -0.2) is 30.1 Å². The number of nitrogens with zero attached hydrogens (tertiary/aromatic N) is 3. The predicted octanol–water partition coefficient (Wildman–Crippen LogP) is 3.54. The first-order chi connectivity index (χ1) is 9.61. The fourth-order valence-electron chi connectivity index (χ4n) is 2.15. The molecule has 0 fully saturated rings. The third-order valence-electron chi connectivity index (χ3n) is 3.32. The largest absolute Gasteiger partial charge is 0.359 e. The van der Waals surface area contributed by atoms with Crippen LogP contribution in [-0.2, 0) is 0 Å². The van der Waals surface area contributed by atoms with E-state index in [0.717, 1.165) is 36.2 Å². The van der Waals surface area contributed by atoms with Crippen molar-refractivity contribution in [3.8, 4) is 0 Å². The molecule has 0 saturated heterocycles. The van der Waals surface area contributed by atoms with Gasteiger partial charge in [0.1, 0.15) is 5.82 Å². The molecule has 0 saturated carbocycles. The maximum absolute atomic E-state index is 4.67. The number of benzene rings is 1. The Hall–Kier alpha value is -1.84. The van der Waals surface area contributed by atoms with E-state index in [9.17, 15) is 0 Å². The van der Waals surface area contributed by atoms with Gasteiger partial charge in [-0.15, -0.1) is 0 Å². The normalized spacial score (nSPS) is 11.1. The summed E-state index contributed by atoms with van der Waals surface area (Å²) < 4.78 is 0. The van der Waals surface area contributed by atoms with Crippen LogP contribution in [0, 0.1) is 5.92 Å². The summed E-state index contributed by atoms with van der Waals surface area (Å²) in [7, 11) is 2.10. The van der Waals surface area contributed by atoms with Crippen molar-refractivity contribution in [2.24, 2.45) is 5.92 Å². The van der Waals surface area contributed by atoms with Crippen LogP contribution >= 0.6 is 0 Å². The zero-order valence-corrected chi connectivity index (χ0v) is 12.8. The van der Waals surface area contributed by atoms with Crippen molar-refractivity contribution in [1.82, 2.24) is 9.97 Å². The van der Waals surface area contributed by atoms with Gasteiger partial charge in [0.25, 0.3) is 0 Å². The number of aromatic nitrogens is 2. The third-order valence-corrected chi connectivity index (χ3v) is 3.32. The fourth-order valence-corrected chi connectivity index (χ4v) is 2.15. The maximum Gasteiger partial charge on any atom is 0.225 e. The van der Waals surface area contributed by atoms with Gasteiger partial charge >= 0.3 is 0 Å². The number of para-hydroxylation sites is 1. The van der Waals surface area contributed by atoms with Gasteiger partial charge in [0.2, 0.25) is 5.95 Å². The van der Waals surface area contributed by atoms with Crippen molar-refractivity contribution in [1.29, 1.82) is 0 Å². The second-order valence-electron chi connectivity index (χ2n) is 5.52. The van der Waals surface area contributed by atoms with Gasteiger partial charge in [0.15, 0.2) is 0 Å². The monoisotopic (exact) mass is 272 g/mol. The molecule has 0 aliphatic rings. The van der Waals surface area contributed by atoms with E-state index in [1.807, 2.05) is 18.2 Å². The van der Waals surface area contributed by atoms with Gasteiger partial charge in [-0.25, -0.2) is 4.98 Å². The zero-order chi connectivity index (χ0) is 14.5. The standard InChI is InChI=1S/C16H24N4/c1-5-17-16-18-14-9-7-6-8-13(14)15(19-16)20(4)11-10-12(2)3/h6-9,12H,5,10-11H2,1-4H3,(H,17,18,19). The summed E-state index contributed by atoms with van der Waals surface area (Å²) in [6.07, 6.45) is 1.16. The van der Waals surface area contributed by atoms with Gasteiger partial charge in [-0.05, 0) is 31.4 Å². The summed E-state index contributed by atoms with van der Waals surface area (Å²) in [5.41, 5.74) is 0.991. The minimum atomic E-state index is 0.693. The summed E-state index contributed by atoms with van der Waals surface area (Å²) in [6, 6.07) is 8.19. The molecule has 4 heteroatoms. The van der Waals surface area contributed by atoms with Crippen LogP contribution < -0.4 is 10.2 Å². The van der Waals surface area contributed by atoms with Gasteiger partial charge in [-0.2, -0.15) is 4.98 Å². The molecule has 108 valence electrons. The number of hydrogen-bond donors (Lipinski definition) is 1. The number of nitrogens with one attached hydrogen (secondary N) is 1. The lowest BCUT2D eigenvalue weighted by molar-refractivity contribution is 0.584. The van der Waals surface area contributed by atoms with Gasteiger partial charge < -0.3 is 10.2 Å². The van der Waals surface area contributed by atoms with Crippen molar-refractivity contribution in [3.63, 3.8) is 0 Å². The Morgan fingerprint density at radius 2 is 1.95 bits per heavy atom. The second kappa shape index (κ2) is 6.55. The maximum atomic E-state index is 4.67. The third kappa shape index (κ3) is 3.38. The van der Waals surface area contributed by atoms with Crippen LogP contribution in [0.15, 0.2) is 24.3 Å². The molecule has 0 spiro atoms. The van der Waals surface area contributed by atoms with Gasteiger partial charge in [0, 0.05) is 25.5 Å². The summed E-state index contributed by atoms with van der Waals surface area (Å²) in [5.74, 6) is 2.41. The first-order valence-corrected chi connectivity index (χ1v) is 7.33. The molecule has 2 rings (SSSR count). The lowest BCUT2D eigenvalue weighted by Crippen LogP contribution is -2.22. The summed E-state index contributed by atoms with van der Waals surface area (Å²) in [5, 5.41) is 4.32. The Labute approximate surface area is 121 Å². The Bertz CT molecular complexity index is 565. The molecule has 1 aromatic carbocycles. The van der Waals surface area contributed by atoms with E-state index in [-0.39, 0.29) is 0 Å². The highest BCUT2D eigenvalue weighted by Gasteiger charge is 2.11. The van der Waals surface area contributed by atoms with E-state index >= 15 is 0 Å². The summed E-state index contributed by atoms with van der Waals surface area (Å²) >= 11 is 0. The van der Waals surface area contributed by atoms with E-state index in [0.29, 0.717) is 11.9 Å². The Morgan fingerprint density at radius 3 is 2.65 bits per heavy atom. The molecule has 1 heterocycles. The average Bonchev–Trinajstić information content (AvgIpc) is 2.44. The lowest BCUT2D eigenvalue weighted by Gasteiger charge is -2.21. The fraction of sp³-hybridized carbons (Fsp3) is 0.500. The van der Waals surface area contributed by atoms with Crippen molar-refractivity contribution >= 4 is 22.7 Å². The molecule has 0 bridgehead atoms. The average molecular weight is 272 g/mol. The first-order valence-electron chi connectivity index (χ1n) is 7.33. The zero-order valence-electron chi connectivity index (χ0n) is 12.8. The summed E-state index contributed by atoms with van der Waals surface area (Å²) in [4.78, 5) is 11.5. The molecular weight excluding hydrogens is 248 g/mol. The van der Waals surface area contributed by atoms with E-state index in [1.54, 1.807) is 0 Å². The second-order valence-corrected chi connectivity index (χ2v) is 5.52. The highest BCUT2D eigenvalue weighted by molar-refractivity contribution is 5.90. The smallest absolute Gasteiger partial charge is 0.225 e. The molecule has 0 aliphatic carbocycles. The first kappa shape index (κ1) is 14.6. The molecule has 1 aromatic heterocycles. The van der Waals surface area contributed by atoms with Crippen LogP contribution in [0.2, 0.25) is 0 Å². The number of rotatable bonds is 6. The van der Waals surface area contributed by atoms with Crippen LogP contribution in [0.4, 0.5) is 11.8 Å². The molecule has 0 aliphatic heterocycles. The molecule has 20 heavy (non-hydrogen) atoms. The molecule has 4 nitrogen and oxygen atoms in total. The number of hydrogen-bond acceptors (Lipinski definition) is 4. The van der Waals surface area contributed by atoms with E-state index in [4.69, 9.17) is 0 Å². The van der Waals surface area contributed by atoms with Crippen LogP contribution in [0.25, 0.3) is 10.9 Å². The molecule has 0 radical (unpaired) electrons. The molecule has 0 unspecified atom stereocenters. The molecule has 2 aromatic rings. The Balaban J connectivity index is 2.38. The Kier molecular flexibility index (Phi) is 4.77. The van der Waals surface area contributed by atoms with E-state index in [2.05, 4.69) is 54.1 Å². The topological polar surface area (TPSA) is 41.1 Å². The van der Waals surface area contributed by atoms with Gasteiger partial charge in [-0.3, -0.25) is 0 Å². The number of fused-ring (bicyclic) bond motifs is 1. The molecular formula is C16H24N4. The highest BCUT2D eigenvalue weighted by atomic mass is 15.2. The lowest BCUT2D eigenvalue weighted by atomic mass is 10.1. The van der Waals surface area contributed by atoms with Crippen molar-refractivity contribution in [2.75, 3.05) is 30.4 Å². The van der Waals surface area contributed by atoms with E-state index < -0.39 is 0 Å². The van der Waals surface area contributed by atoms with E-state index in [1.165, 1.54) is 0 Å². The van der Waals surface area contributed by atoms with Crippen molar-refractivity contribution in [2.45, 2.75) is 27.2 Å². The summed E-state index contributed by atoms with van der Waals surface area (Å²) in [6.45, 7) is 8.38. The minimum absolute atomic E-state index is 0.693. The number of anilines is 2. The van der Waals surface area contributed by atoms with Gasteiger partial charge in [0.05, 0.1) is 5.52 Å². The highest BCUT2D eigenvalue weighted by Crippen LogP contribution is 2.24. The van der Waals surface area contributed by atoms with Crippen LogP contribution in [0.1, 0.15) is 27.2 Å². The van der Waals surface area contributed by atoms with Crippen LogP contribution in [0.5, 0.6) is 0 Å². The quantitative estimate of drug-likeness (QED) is 0.873. The molecule has 0 amide bonds. The predicted molar refractivity (Wildman–Crippen MR) is 86.4 cm³/mol. The minimum Gasteiger partial charge on any atom is -0.359 e. The SMILES string of the molecule is CCNc1nc(N(C)CCC(C)C)c2ccccc2n1. The molecule has 0 atom stereocenters. The molecule has 1 N–H and O–H groups in total.